The van der Waals surface area contributed by atoms with Gasteiger partial charge in [0.15, 0.2) is 0 Å². The summed E-state index contributed by atoms with van der Waals surface area (Å²) in [6.07, 6.45) is 1.74. The Kier molecular flexibility index (Phi) is 3.08. The minimum atomic E-state index is -0.923. The zero-order valence-corrected chi connectivity index (χ0v) is 9.42. The van der Waals surface area contributed by atoms with Gasteiger partial charge in [0.25, 0.3) is 11.7 Å². The van der Waals surface area contributed by atoms with Crippen molar-refractivity contribution < 1.29 is 19.2 Å². The summed E-state index contributed by atoms with van der Waals surface area (Å²) in [5, 5.41) is 12.2. The second-order valence-electron chi connectivity index (χ2n) is 4.01. The van der Waals surface area contributed by atoms with Crippen LogP contribution in [0.25, 0.3) is 0 Å². The van der Waals surface area contributed by atoms with E-state index in [-0.39, 0.29) is 30.7 Å². The van der Waals surface area contributed by atoms with E-state index in [1.165, 1.54) is 4.90 Å². The van der Waals surface area contributed by atoms with Gasteiger partial charge in [-0.05, 0) is 12.8 Å². The number of amides is 1. The van der Waals surface area contributed by atoms with Crippen molar-refractivity contribution in [3.8, 4) is 0 Å². The minimum absolute atomic E-state index is 0.000196. The van der Waals surface area contributed by atoms with Crippen LogP contribution in [0.15, 0.2) is 4.52 Å². The fourth-order valence-corrected chi connectivity index (χ4v) is 1.57. The van der Waals surface area contributed by atoms with Gasteiger partial charge in [0.1, 0.15) is 0 Å². The van der Waals surface area contributed by atoms with Crippen LogP contribution in [-0.2, 0) is 4.79 Å². The number of hydrogen-bond donors (Lipinski definition) is 1. The molecule has 1 aromatic heterocycles. The highest BCUT2D eigenvalue weighted by atomic mass is 16.5. The topological polar surface area (TPSA) is 96.5 Å². The fraction of sp³-hybridized carbons (Fsp3) is 0.600. The first-order valence-corrected chi connectivity index (χ1v) is 5.41. The zero-order valence-electron chi connectivity index (χ0n) is 9.42. The molecule has 0 radical (unpaired) electrons. The molecule has 0 aromatic carbocycles. The summed E-state index contributed by atoms with van der Waals surface area (Å²) in [5.41, 5.74) is 0. The lowest BCUT2D eigenvalue weighted by atomic mass is 10.3. The van der Waals surface area contributed by atoms with E-state index in [0.717, 1.165) is 12.8 Å². The molecule has 0 unspecified atom stereocenters. The molecule has 0 spiro atoms. The molecule has 1 heterocycles. The van der Waals surface area contributed by atoms with E-state index in [1.54, 1.807) is 6.92 Å². The van der Waals surface area contributed by atoms with Crippen LogP contribution in [0.5, 0.6) is 0 Å². The van der Waals surface area contributed by atoms with Crippen LogP contribution in [0.2, 0.25) is 0 Å². The first kappa shape index (κ1) is 11.6. The predicted molar refractivity (Wildman–Crippen MR) is 55.3 cm³/mol. The molecule has 17 heavy (non-hydrogen) atoms. The van der Waals surface area contributed by atoms with Crippen LogP contribution in [0.3, 0.4) is 0 Å². The Morgan fingerprint density at radius 1 is 1.53 bits per heavy atom. The van der Waals surface area contributed by atoms with Crippen molar-refractivity contribution in [3.63, 3.8) is 0 Å². The fourth-order valence-electron chi connectivity index (χ4n) is 1.57. The molecule has 1 aliphatic carbocycles. The lowest BCUT2D eigenvalue weighted by Gasteiger charge is -2.19. The number of aryl methyl sites for hydroxylation is 1. The lowest BCUT2D eigenvalue weighted by Crippen LogP contribution is -2.35. The Morgan fingerprint density at radius 2 is 2.24 bits per heavy atom. The van der Waals surface area contributed by atoms with Gasteiger partial charge in [0.2, 0.25) is 5.89 Å². The van der Waals surface area contributed by atoms with Crippen LogP contribution in [-0.4, -0.2) is 44.6 Å². The Morgan fingerprint density at radius 3 is 2.71 bits per heavy atom. The number of aromatic nitrogens is 2. The van der Waals surface area contributed by atoms with E-state index in [4.69, 9.17) is 9.63 Å². The van der Waals surface area contributed by atoms with E-state index in [9.17, 15) is 9.59 Å². The zero-order chi connectivity index (χ0) is 12.4. The van der Waals surface area contributed by atoms with E-state index < -0.39 is 5.97 Å². The summed E-state index contributed by atoms with van der Waals surface area (Å²) in [7, 11) is 0. The van der Waals surface area contributed by atoms with Gasteiger partial charge < -0.3 is 14.5 Å². The predicted octanol–water partition coefficient (Wildman–Crippen LogP) is 0.457. The number of rotatable bonds is 5. The highest BCUT2D eigenvalue weighted by molar-refractivity contribution is 5.91. The monoisotopic (exact) mass is 239 g/mol. The van der Waals surface area contributed by atoms with Gasteiger partial charge in [0.05, 0.1) is 6.42 Å². The van der Waals surface area contributed by atoms with Crippen molar-refractivity contribution in [1.29, 1.82) is 0 Å². The second kappa shape index (κ2) is 4.52. The maximum absolute atomic E-state index is 12.0. The molecule has 1 N–H and O–H groups in total. The van der Waals surface area contributed by atoms with E-state index in [0.29, 0.717) is 5.89 Å². The molecule has 0 bridgehead atoms. The van der Waals surface area contributed by atoms with Gasteiger partial charge in [-0.1, -0.05) is 5.16 Å². The minimum Gasteiger partial charge on any atom is -0.481 e. The molecule has 0 saturated heterocycles. The SMILES string of the molecule is Cc1nc(C(=O)N(CCC(=O)O)C2CC2)no1. The van der Waals surface area contributed by atoms with E-state index in [1.807, 2.05) is 0 Å². The van der Waals surface area contributed by atoms with Gasteiger partial charge in [0, 0.05) is 19.5 Å². The van der Waals surface area contributed by atoms with Gasteiger partial charge in [-0.3, -0.25) is 9.59 Å². The first-order chi connectivity index (χ1) is 8.08. The molecule has 7 nitrogen and oxygen atoms in total. The molecule has 1 fully saturated rings. The Hall–Kier alpha value is -1.92. The first-order valence-electron chi connectivity index (χ1n) is 5.41. The summed E-state index contributed by atoms with van der Waals surface area (Å²) >= 11 is 0. The largest absolute Gasteiger partial charge is 0.481 e. The smallest absolute Gasteiger partial charge is 0.305 e. The molecule has 92 valence electrons. The average molecular weight is 239 g/mol. The van der Waals surface area contributed by atoms with Crippen LogP contribution < -0.4 is 0 Å². The maximum Gasteiger partial charge on any atom is 0.305 e. The lowest BCUT2D eigenvalue weighted by molar-refractivity contribution is -0.137. The third-order valence-electron chi connectivity index (χ3n) is 2.53. The Balaban J connectivity index is 2.05. The standard InChI is InChI=1S/C10H13N3O4/c1-6-11-9(12-17-6)10(16)13(7-2-3-7)5-4-8(14)15/h7H,2-5H2,1H3,(H,14,15). The highest BCUT2D eigenvalue weighted by Crippen LogP contribution is 2.27. The number of hydrogen-bond acceptors (Lipinski definition) is 5. The molecule has 2 rings (SSSR count). The molecule has 1 saturated carbocycles. The summed E-state index contributed by atoms with van der Waals surface area (Å²) in [6, 6.07) is 0.126. The molecule has 1 aromatic rings. The van der Waals surface area contributed by atoms with E-state index in [2.05, 4.69) is 10.1 Å². The molecule has 0 atom stereocenters. The summed E-state index contributed by atoms with van der Waals surface area (Å²) in [4.78, 5) is 27.9. The normalized spacial score (nSPS) is 14.6. The molecule has 1 aliphatic rings. The van der Waals surface area contributed by atoms with Crippen molar-refractivity contribution >= 4 is 11.9 Å². The van der Waals surface area contributed by atoms with Crippen LogP contribution >= 0.6 is 0 Å². The summed E-state index contributed by atoms with van der Waals surface area (Å²) in [5.74, 6) is -0.958. The number of aliphatic carboxylic acids is 1. The van der Waals surface area contributed by atoms with Crippen molar-refractivity contribution in [3.05, 3.63) is 11.7 Å². The number of carbonyl (C=O) groups is 2. The Bertz CT molecular complexity index is 439. The number of carboxylic acids is 1. The van der Waals surface area contributed by atoms with Gasteiger partial charge in [-0.25, -0.2) is 0 Å². The average Bonchev–Trinajstić information content (AvgIpc) is 3.00. The number of carboxylic acid groups (broad SMARTS) is 1. The third kappa shape index (κ3) is 2.80. The Labute approximate surface area is 97.4 Å². The van der Waals surface area contributed by atoms with Crippen molar-refractivity contribution in [2.45, 2.75) is 32.2 Å². The van der Waals surface area contributed by atoms with Gasteiger partial charge >= 0.3 is 5.97 Å². The van der Waals surface area contributed by atoms with Crippen LogP contribution in [0.1, 0.15) is 35.8 Å². The second-order valence-corrected chi connectivity index (χ2v) is 4.01. The quantitative estimate of drug-likeness (QED) is 0.801. The van der Waals surface area contributed by atoms with Gasteiger partial charge in [-0.2, -0.15) is 4.98 Å². The van der Waals surface area contributed by atoms with E-state index >= 15 is 0 Å². The number of carbonyl (C=O) groups excluding carboxylic acids is 1. The maximum atomic E-state index is 12.0. The van der Waals surface area contributed by atoms with Crippen LogP contribution in [0, 0.1) is 6.92 Å². The molecule has 7 heteroatoms. The molecular formula is C10H13N3O4. The van der Waals surface area contributed by atoms with Crippen LogP contribution in [0.4, 0.5) is 0 Å². The van der Waals surface area contributed by atoms with Crippen molar-refractivity contribution in [1.82, 2.24) is 15.0 Å². The summed E-state index contributed by atoms with van der Waals surface area (Å²) in [6.45, 7) is 1.79. The summed E-state index contributed by atoms with van der Waals surface area (Å²) < 4.78 is 4.74. The molecule has 0 aliphatic heterocycles. The highest BCUT2D eigenvalue weighted by Gasteiger charge is 2.34. The van der Waals surface area contributed by atoms with Crippen molar-refractivity contribution in [2.75, 3.05) is 6.54 Å². The van der Waals surface area contributed by atoms with Gasteiger partial charge in [-0.15, -0.1) is 0 Å². The number of nitrogens with zero attached hydrogens (tertiary/aromatic N) is 3. The molecular weight excluding hydrogens is 226 g/mol. The van der Waals surface area contributed by atoms with Crippen molar-refractivity contribution in [2.24, 2.45) is 0 Å². The molecule has 1 amide bonds. The third-order valence-corrected chi connectivity index (χ3v) is 2.53.